The third-order valence-corrected chi connectivity index (χ3v) is 4.83. The van der Waals surface area contributed by atoms with E-state index >= 15 is 0 Å². The van der Waals surface area contributed by atoms with E-state index in [9.17, 15) is 13.2 Å². The van der Waals surface area contributed by atoms with Crippen LogP contribution in [0.5, 0.6) is 17.4 Å². The molecular weight excluding hydrogens is 413 g/mol. The Morgan fingerprint density at radius 2 is 1.68 bits per heavy atom. The summed E-state index contributed by atoms with van der Waals surface area (Å²) in [6, 6.07) is 14.3. The molecule has 0 unspecified atom stereocenters. The molecule has 0 atom stereocenters. The Hall–Kier alpha value is -2.45. The number of hydrogen-bond acceptors (Lipinski definition) is 5. The summed E-state index contributed by atoms with van der Waals surface area (Å²) in [5.41, 5.74) is -0.305. The van der Waals surface area contributed by atoms with E-state index in [2.05, 4.69) is 9.97 Å². The van der Waals surface area contributed by atoms with Gasteiger partial charge in [0.15, 0.2) is 10.9 Å². The maximum atomic E-state index is 13.2. The van der Waals surface area contributed by atoms with Gasteiger partial charge in [0.25, 0.3) is 0 Å². The molecule has 0 spiro atoms. The van der Waals surface area contributed by atoms with Crippen LogP contribution in [-0.2, 0) is 11.9 Å². The van der Waals surface area contributed by atoms with Crippen LogP contribution in [-0.4, -0.2) is 17.1 Å². The van der Waals surface area contributed by atoms with Gasteiger partial charge in [-0.1, -0.05) is 41.6 Å². The standard InChI is InChI=1S/C19H14ClF3N2O2S/c1-26-13-6-8-14(9-7-13)27-17-10-16(19(21,22)23)24-18(25-17)28-11-12-4-2-3-5-15(12)20/h2-10H,11H2,1H3. The van der Waals surface area contributed by atoms with Gasteiger partial charge in [0.2, 0.25) is 5.88 Å². The lowest BCUT2D eigenvalue weighted by atomic mass is 10.2. The maximum absolute atomic E-state index is 13.2. The van der Waals surface area contributed by atoms with Crippen LogP contribution in [0.2, 0.25) is 5.02 Å². The average molecular weight is 427 g/mol. The lowest BCUT2D eigenvalue weighted by Gasteiger charge is -2.11. The minimum absolute atomic E-state index is 0.0572. The van der Waals surface area contributed by atoms with Crippen LogP contribution in [0.1, 0.15) is 11.3 Å². The zero-order valence-electron chi connectivity index (χ0n) is 14.5. The summed E-state index contributed by atoms with van der Waals surface area (Å²) in [6.07, 6.45) is -4.62. The van der Waals surface area contributed by atoms with Gasteiger partial charge < -0.3 is 9.47 Å². The Bertz CT molecular complexity index is 953. The minimum atomic E-state index is -4.62. The van der Waals surface area contributed by atoms with E-state index in [4.69, 9.17) is 21.1 Å². The Labute approximate surface area is 168 Å². The summed E-state index contributed by atoms with van der Waals surface area (Å²) >= 11 is 7.13. The lowest BCUT2D eigenvalue weighted by molar-refractivity contribution is -0.141. The summed E-state index contributed by atoms with van der Waals surface area (Å²) in [5, 5.41) is 0.468. The second kappa shape index (κ2) is 8.70. The molecule has 1 aromatic heterocycles. The first-order chi connectivity index (χ1) is 13.3. The molecule has 0 aliphatic heterocycles. The normalized spacial score (nSPS) is 11.3. The first kappa shape index (κ1) is 20.3. The van der Waals surface area contributed by atoms with Crippen LogP contribution in [0.4, 0.5) is 13.2 Å². The number of aromatic nitrogens is 2. The van der Waals surface area contributed by atoms with Gasteiger partial charge in [-0.3, -0.25) is 0 Å². The summed E-state index contributed by atoms with van der Waals surface area (Å²) in [4.78, 5) is 7.69. The molecule has 0 aliphatic rings. The van der Waals surface area contributed by atoms with Gasteiger partial charge in [0.05, 0.1) is 7.11 Å². The highest BCUT2D eigenvalue weighted by atomic mass is 35.5. The Morgan fingerprint density at radius 1 is 1.00 bits per heavy atom. The summed E-state index contributed by atoms with van der Waals surface area (Å²) in [7, 11) is 1.51. The van der Waals surface area contributed by atoms with Crippen molar-refractivity contribution in [3.05, 3.63) is 70.9 Å². The van der Waals surface area contributed by atoms with Crippen molar-refractivity contribution in [2.45, 2.75) is 17.1 Å². The van der Waals surface area contributed by atoms with E-state index < -0.39 is 11.9 Å². The number of hydrogen-bond donors (Lipinski definition) is 0. The van der Waals surface area contributed by atoms with Crippen molar-refractivity contribution in [3.8, 4) is 17.4 Å². The SMILES string of the molecule is COc1ccc(Oc2cc(C(F)(F)F)nc(SCc3ccccc3Cl)n2)cc1. The largest absolute Gasteiger partial charge is 0.497 e. The van der Waals surface area contributed by atoms with E-state index in [-0.39, 0.29) is 11.0 Å². The van der Waals surface area contributed by atoms with Gasteiger partial charge in [0, 0.05) is 16.8 Å². The Morgan fingerprint density at radius 3 is 2.32 bits per heavy atom. The fourth-order valence-electron chi connectivity index (χ4n) is 2.19. The molecule has 0 saturated carbocycles. The van der Waals surface area contributed by atoms with E-state index in [1.165, 1.54) is 7.11 Å². The number of rotatable bonds is 6. The highest BCUT2D eigenvalue weighted by Gasteiger charge is 2.34. The van der Waals surface area contributed by atoms with Gasteiger partial charge in [-0.2, -0.15) is 18.2 Å². The first-order valence-electron chi connectivity index (χ1n) is 7.99. The Kier molecular flexibility index (Phi) is 6.31. The van der Waals surface area contributed by atoms with E-state index in [0.717, 1.165) is 23.4 Å². The molecule has 0 amide bonds. The number of alkyl halides is 3. The predicted molar refractivity (Wildman–Crippen MR) is 101 cm³/mol. The van der Waals surface area contributed by atoms with Crippen molar-refractivity contribution in [1.29, 1.82) is 0 Å². The third-order valence-electron chi connectivity index (χ3n) is 3.57. The molecule has 3 rings (SSSR count). The molecule has 2 aromatic carbocycles. The zero-order chi connectivity index (χ0) is 20.1. The van der Waals surface area contributed by atoms with Gasteiger partial charge in [-0.15, -0.1) is 0 Å². The van der Waals surface area contributed by atoms with Crippen molar-refractivity contribution < 1.29 is 22.6 Å². The number of nitrogens with zero attached hydrogens (tertiary/aromatic N) is 2. The molecule has 0 aliphatic carbocycles. The second-order valence-corrected chi connectivity index (χ2v) is 6.88. The molecule has 28 heavy (non-hydrogen) atoms. The van der Waals surface area contributed by atoms with E-state index in [0.29, 0.717) is 22.3 Å². The van der Waals surface area contributed by atoms with Gasteiger partial charge >= 0.3 is 6.18 Å². The van der Waals surface area contributed by atoms with Crippen molar-refractivity contribution >= 4 is 23.4 Å². The quantitative estimate of drug-likeness (QED) is 0.344. The molecule has 0 N–H and O–H groups in total. The number of methoxy groups -OCH3 is 1. The Balaban J connectivity index is 1.85. The van der Waals surface area contributed by atoms with Crippen molar-refractivity contribution in [1.82, 2.24) is 9.97 Å². The lowest BCUT2D eigenvalue weighted by Crippen LogP contribution is -2.10. The van der Waals surface area contributed by atoms with Crippen LogP contribution in [0, 0.1) is 0 Å². The minimum Gasteiger partial charge on any atom is -0.497 e. The van der Waals surface area contributed by atoms with Crippen molar-refractivity contribution in [3.63, 3.8) is 0 Å². The van der Waals surface area contributed by atoms with Crippen molar-refractivity contribution in [2.24, 2.45) is 0 Å². The van der Waals surface area contributed by atoms with Crippen LogP contribution in [0.25, 0.3) is 0 Å². The highest BCUT2D eigenvalue weighted by Crippen LogP contribution is 2.34. The summed E-state index contributed by atoms with van der Waals surface area (Å²) in [5.74, 6) is 1.05. The number of thioether (sulfide) groups is 1. The third kappa shape index (κ3) is 5.30. The molecule has 146 valence electrons. The van der Waals surface area contributed by atoms with Crippen LogP contribution >= 0.6 is 23.4 Å². The van der Waals surface area contributed by atoms with Crippen LogP contribution in [0.3, 0.4) is 0 Å². The molecule has 4 nitrogen and oxygen atoms in total. The molecule has 0 fully saturated rings. The molecule has 0 bridgehead atoms. The summed E-state index contributed by atoms with van der Waals surface area (Å²) in [6.45, 7) is 0. The zero-order valence-corrected chi connectivity index (χ0v) is 16.1. The maximum Gasteiger partial charge on any atom is 0.433 e. The number of benzene rings is 2. The predicted octanol–water partition coefficient (Wildman–Crippen LogP) is 6.24. The number of ether oxygens (including phenoxy) is 2. The monoisotopic (exact) mass is 426 g/mol. The molecule has 9 heteroatoms. The highest BCUT2D eigenvalue weighted by molar-refractivity contribution is 7.98. The van der Waals surface area contributed by atoms with Crippen LogP contribution in [0.15, 0.2) is 59.8 Å². The topological polar surface area (TPSA) is 44.2 Å². The fourth-order valence-corrected chi connectivity index (χ4v) is 3.32. The van der Waals surface area contributed by atoms with Crippen LogP contribution < -0.4 is 9.47 Å². The second-order valence-electron chi connectivity index (χ2n) is 5.53. The average Bonchev–Trinajstić information content (AvgIpc) is 2.67. The van der Waals surface area contributed by atoms with E-state index in [1.54, 1.807) is 48.5 Å². The van der Waals surface area contributed by atoms with Gasteiger partial charge in [-0.25, -0.2) is 4.98 Å². The molecule has 3 aromatic rings. The summed E-state index contributed by atoms with van der Waals surface area (Å²) < 4.78 is 50.2. The number of halogens is 4. The van der Waals surface area contributed by atoms with Gasteiger partial charge in [-0.05, 0) is 35.9 Å². The molecule has 0 radical (unpaired) electrons. The van der Waals surface area contributed by atoms with E-state index in [1.807, 2.05) is 0 Å². The molecule has 1 heterocycles. The molecule has 0 saturated heterocycles. The fraction of sp³-hybridized carbons (Fsp3) is 0.158. The smallest absolute Gasteiger partial charge is 0.433 e. The molecular formula is C19H14ClF3N2O2S. The van der Waals surface area contributed by atoms with Gasteiger partial charge in [0.1, 0.15) is 11.5 Å². The van der Waals surface area contributed by atoms with Crippen molar-refractivity contribution in [2.75, 3.05) is 7.11 Å². The first-order valence-corrected chi connectivity index (χ1v) is 9.36.